The fraction of sp³-hybridized carbons (Fsp3) is 0.667. The minimum Gasteiger partial charge on any atom is -0.467 e. The fourth-order valence-electron chi connectivity index (χ4n) is 0.616. The van der Waals surface area contributed by atoms with Crippen molar-refractivity contribution >= 4 is 11.7 Å². The minimum atomic E-state index is -1.87. The molecule has 4 N–H and O–H groups in total. The Bertz CT molecular complexity index is 203. The van der Waals surface area contributed by atoms with E-state index >= 15 is 0 Å². The van der Waals surface area contributed by atoms with Crippen LogP contribution in [0.1, 0.15) is 0 Å². The first-order valence-electron chi connectivity index (χ1n) is 3.34. The van der Waals surface area contributed by atoms with E-state index in [1.807, 2.05) is 0 Å². The van der Waals surface area contributed by atoms with E-state index in [4.69, 9.17) is 20.5 Å². The predicted molar refractivity (Wildman–Crippen MR) is 40.3 cm³/mol. The van der Waals surface area contributed by atoms with Gasteiger partial charge in [-0.1, -0.05) is 5.16 Å². The monoisotopic (exact) mass is 193 g/mol. The number of carbonyl (C=O) groups excluding carboxylic acids is 1. The van der Waals surface area contributed by atoms with E-state index < -0.39 is 30.5 Å². The molecule has 13 heavy (non-hydrogen) atoms. The molecule has 0 aromatic heterocycles. The molecule has 0 amide bonds. The van der Waals surface area contributed by atoms with Gasteiger partial charge in [-0.2, -0.15) is 0 Å². The summed E-state index contributed by atoms with van der Waals surface area (Å²) in [5.41, 5.74) is -0.516. The molecule has 0 aliphatic heterocycles. The molecule has 76 valence electrons. The van der Waals surface area contributed by atoms with Gasteiger partial charge in [-0.25, -0.2) is 4.79 Å². The van der Waals surface area contributed by atoms with Crippen molar-refractivity contribution in [3.05, 3.63) is 0 Å². The lowest BCUT2D eigenvalue weighted by atomic mass is 10.1. The first kappa shape index (κ1) is 11.8. The highest BCUT2D eigenvalue weighted by molar-refractivity contribution is 5.93. The molecule has 0 heterocycles. The average Bonchev–Trinajstić information content (AvgIpc) is 2.17. The van der Waals surface area contributed by atoms with Crippen LogP contribution in [-0.4, -0.2) is 58.1 Å². The molecule has 0 bridgehead atoms. The van der Waals surface area contributed by atoms with Crippen LogP contribution in [0.3, 0.4) is 0 Å². The third-order valence-electron chi connectivity index (χ3n) is 1.37. The van der Waals surface area contributed by atoms with Crippen molar-refractivity contribution in [2.75, 3.05) is 13.7 Å². The van der Waals surface area contributed by atoms with Gasteiger partial charge in [0, 0.05) is 0 Å². The van der Waals surface area contributed by atoms with E-state index in [1.165, 1.54) is 0 Å². The first-order chi connectivity index (χ1) is 6.08. The summed E-state index contributed by atoms with van der Waals surface area (Å²) in [4.78, 5) is 10.6. The quantitative estimate of drug-likeness (QED) is 0.172. The van der Waals surface area contributed by atoms with E-state index in [2.05, 4.69) is 9.89 Å². The number of methoxy groups -OCH3 is 1. The SMILES string of the molecule is COC(=O)C(O)C(O)/C(CO)=N/O. The maximum absolute atomic E-state index is 10.6. The zero-order chi connectivity index (χ0) is 10.4. The molecule has 0 saturated carbocycles. The zero-order valence-electron chi connectivity index (χ0n) is 6.91. The van der Waals surface area contributed by atoms with Gasteiger partial charge >= 0.3 is 5.97 Å². The standard InChI is InChI=1S/C6H11NO6/c1-13-6(11)5(10)4(9)3(2-8)7-12/h4-5,8-10,12H,2H2,1H3/b7-3+. The van der Waals surface area contributed by atoms with Crippen molar-refractivity contribution in [1.82, 2.24) is 0 Å². The molecule has 0 aliphatic rings. The second-order valence-corrected chi connectivity index (χ2v) is 2.16. The number of aliphatic hydroxyl groups is 3. The summed E-state index contributed by atoms with van der Waals surface area (Å²) in [7, 11) is 1.02. The van der Waals surface area contributed by atoms with Gasteiger partial charge in [0.15, 0.2) is 6.10 Å². The molecule has 0 rings (SSSR count). The van der Waals surface area contributed by atoms with Gasteiger partial charge in [0.1, 0.15) is 11.8 Å². The number of rotatable bonds is 4. The molecule has 2 atom stereocenters. The van der Waals surface area contributed by atoms with Crippen LogP contribution >= 0.6 is 0 Å². The van der Waals surface area contributed by atoms with Crippen LogP contribution in [0.2, 0.25) is 0 Å². The number of oxime groups is 1. The molecule has 0 saturated heterocycles. The third-order valence-corrected chi connectivity index (χ3v) is 1.37. The highest BCUT2D eigenvalue weighted by atomic mass is 16.5. The Labute approximate surface area is 73.9 Å². The lowest BCUT2D eigenvalue weighted by molar-refractivity contribution is -0.154. The van der Waals surface area contributed by atoms with E-state index in [1.54, 1.807) is 0 Å². The van der Waals surface area contributed by atoms with Crippen LogP contribution in [0.15, 0.2) is 5.16 Å². The summed E-state index contributed by atoms with van der Waals surface area (Å²) in [6.07, 6.45) is -3.65. The van der Waals surface area contributed by atoms with Gasteiger partial charge in [0.2, 0.25) is 0 Å². The fourth-order valence-corrected chi connectivity index (χ4v) is 0.616. The van der Waals surface area contributed by atoms with Gasteiger partial charge in [0.25, 0.3) is 0 Å². The average molecular weight is 193 g/mol. The number of nitrogens with zero attached hydrogens (tertiary/aromatic N) is 1. The van der Waals surface area contributed by atoms with Crippen LogP contribution in [0.4, 0.5) is 0 Å². The van der Waals surface area contributed by atoms with Crippen LogP contribution < -0.4 is 0 Å². The van der Waals surface area contributed by atoms with Gasteiger partial charge in [-0.15, -0.1) is 0 Å². The Morgan fingerprint density at radius 1 is 1.46 bits per heavy atom. The molecule has 0 spiro atoms. The van der Waals surface area contributed by atoms with Crippen molar-refractivity contribution in [2.24, 2.45) is 5.16 Å². The predicted octanol–water partition coefficient (Wildman–Crippen LogP) is -2.30. The second kappa shape index (κ2) is 5.46. The lowest BCUT2D eigenvalue weighted by Gasteiger charge is -2.14. The van der Waals surface area contributed by atoms with Crippen LogP contribution in [0, 0.1) is 0 Å². The minimum absolute atomic E-state index is 0.516. The topological polar surface area (TPSA) is 120 Å². The molecule has 2 unspecified atom stereocenters. The van der Waals surface area contributed by atoms with Gasteiger partial charge in [-0.05, 0) is 0 Å². The van der Waals surface area contributed by atoms with Crippen LogP contribution in [0.25, 0.3) is 0 Å². The maximum atomic E-state index is 10.6. The Morgan fingerprint density at radius 3 is 2.31 bits per heavy atom. The van der Waals surface area contributed by atoms with Crippen molar-refractivity contribution in [3.63, 3.8) is 0 Å². The van der Waals surface area contributed by atoms with E-state index in [9.17, 15) is 4.79 Å². The number of hydrogen-bond acceptors (Lipinski definition) is 7. The third kappa shape index (κ3) is 2.98. The Morgan fingerprint density at radius 2 is 2.00 bits per heavy atom. The molecule has 0 aromatic carbocycles. The molecule has 0 radical (unpaired) electrons. The smallest absolute Gasteiger partial charge is 0.337 e. The van der Waals surface area contributed by atoms with E-state index in [0.717, 1.165) is 7.11 Å². The summed E-state index contributed by atoms with van der Waals surface area (Å²) in [5.74, 6) is -1.08. The summed E-state index contributed by atoms with van der Waals surface area (Å²) < 4.78 is 4.11. The van der Waals surface area contributed by atoms with Crippen molar-refractivity contribution in [1.29, 1.82) is 0 Å². The molecule has 7 heteroatoms. The summed E-state index contributed by atoms with van der Waals surface area (Å²) in [6, 6.07) is 0. The molecule has 0 aromatic rings. The normalized spacial score (nSPS) is 16.5. The van der Waals surface area contributed by atoms with E-state index in [0.29, 0.717) is 0 Å². The van der Waals surface area contributed by atoms with E-state index in [-0.39, 0.29) is 0 Å². The molecular weight excluding hydrogens is 182 g/mol. The number of esters is 1. The molecule has 0 aliphatic carbocycles. The highest BCUT2D eigenvalue weighted by Crippen LogP contribution is 1.98. The van der Waals surface area contributed by atoms with Crippen molar-refractivity contribution in [2.45, 2.75) is 12.2 Å². The molecule has 0 fully saturated rings. The number of carbonyl (C=O) groups is 1. The van der Waals surface area contributed by atoms with Crippen LogP contribution in [0.5, 0.6) is 0 Å². The van der Waals surface area contributed by atoms with Crippen molar-refractivity contribution < 1.29 is 30.1 Å². The Hall–Kier alpha value is -1.18. The van der Waals surface area contributed by atoms with Crippen molar-refractivity contribution in [3.8, 4) is 0 Å². The summed E-state index contributed by atoms with van der Waals surface area (Å²) in [5, 5.41) is 37.3. The zero-order valence-corrected chi connectivity index (χ0v) is 6.91. The molecule has 7 nitrogen and oxygen atoms in total. The van der Waals surface area contributed by atoms with Crippen LogP contribution in [-0.2, 0) is 9.53 Å². The highest BCUT2D eigenvalue weighted by Gasteiger charge is 2.29. The maximum Gasteiger partial charge on any atom is 0.337 e. The lowest BCUT2D eigenvalue weighted by Crippen LogP contribution is -2.41. The second-order valence-electron chi connectivity index (χ2n) is 2.16. The summed E-state index contributed by atoms with van der Waals surface area (Å²) in [6.45, 7) is -0.772. The Kier molecular flexibility index (Phi) is 4.97. The van der Waals surface area contributed by atoms with Gasteiger partial charge in [0.05, 0.1) is 13.7 Å². The largest absolute Gasteiger partial charge is 0.467 e. The first-order valence-corrected chi connectivity index (χ1v) is 3.34. The summed E-state index contributed by atoms with van der Waals surface area (Å²) >= 11 is 0. The molecular formula is C6H11NO6. The number of ether oxygens (including phenoxy) is 1. The number of hydrogen-bond donors (Lipinski definition) is 4. The number of aliphatic hydroxyl groups excluding tert-OH is 3. The Balaban J connectivity index is 4.40. The van der Waals surface area contributed by atoms with Gasteiger partial charge < -0.3 is 25.3 Å². The van der Waals surface area contributed by atoms with Gasteiger partial charge in [-0.3, -0.25) is 0 Å².